The summed E-state index contributed by atoms with van der Waals surface area (Å²) in [4.78, 5) is 37.9. The number of piperazine rings is 1. The number of carbonyl (C=O) groups is 2. The van der Waals surface area contributed by atoms with Gasteiger partial charge < -0.3 is 29.7 Å². The number of pyridine rings is 1. The minimum atomic E-state index is -0.121. The number of ether oxygens (including phenoxy) is 1. The molecule has 0 unspecified atom stereocenters. The average Bonchev–Trinajstić information content (AvgIpc) is 3.34. The second-order valence-corrected chi connectivity index (χ2v) is 10.0. The lowest BCUT2D eigenvalue weighted by atomic mass is 10.1. The molecule has 1 aromatic heterocycles. The summed E-state index contributed by atoms with van der Waals surface area (Å²) in [5.41, 5.74) is 2.98. The van der Waals surface area contributed by atoms with Crippen molar-refractivity contribution in [2.75, 3.05) is 58.2 Å². The lowest BCUT2D eigenvalue weighted by Crippen LogP contribution is -2.46. The van der Waals surface area contributed by atoms with Crippen LogP contribution < -0.4 is 10.1 Å². The Bertz CT molecular complexity index is 1020. The first kappa shape index (κ1) is 24.5. The summed E-state index contributed by atoms with van der Waals surface area (Å²) in [6.45, 7) is 7.77. The predicted octanol–water partition coefficient (Wildman–Crippen LogP) is 2.64. The van der Waals surface area contributed by atoms with Crippen molar-refractivity contribution >= 4 is 17.6 Å². The van der Waals surface area contributed by atoms with Crippen molar-refractivity contribution in [3.05, 3.63) is 53.9 Å². The van der Waals surface area contributed by atoms with Gasteiger partial charge in [0.1, 0.15) is 11.9 Å². The van der Waals surface area contributed by atoms with E-state index in [1.165, 1.54) is 0 Å². The van der Waals surface area contributed by atoms with E-state index in [-0.39, 0.29) is 18.0 Å². The highest BCUT2D eigenvalue weighted by Gasteiger charge is 2.25. The minimum Gasteiger partial charge on any atom is -0.490 e. The summed E-state index contributed by atoms with van der Waals surface area (Å²) in [7, 11) is 2.15. The highest BCUT2D eigenvalue weighted by atomic mass is 16.5. The molecule has 9 heteroatoms. The molecule has 36 heavy (non-hydrogen) atoms. The van der Waals surface area contributed by atoms with Gasteiger partial charge in [-0.1, -0.05) is 0 Å². The Kier molecular flexibility index (Phi) is 7.67. The molecule has 1 N–H and O–H groups in total. The number of carbonyl (C=O) groups excluding carboxylic acids is 2. The van der Waals surface area contributed by atoms with Crippen LogP contribution in [0.2, 0.25) is 0 Å². The molecule has 3 amide bonds. The van der Waals surface area contributed by atoms with Crippen LogP contribution in [0.25, 0.3) is 0 Å². The quantitative estimate of drug-likeness (QED) is 0.668. The molecular weight excluding hydrogens is 456 g/mol. The largest absolute Gasteiger partial charge is 0.490 e. The third-order valence-electron chi connectivity index (χ3n) is 7.46. The molecule has 3 aliphatic rings. The molecule has 0 aliphatic carbocycles. The second-order valence-electron chi connectivity index (χ2n) is 10.0. The molecule has 5 rings (SSSR count). The Labute approximate surface area is 213 Å². The van der Waals surface area contributed by atoms with Crippen molar-refractivity contribution in [3.63, 3.8) is 0 Å². The van der Waals surface area contributed by atoms with E-state index in [9.17, 15) is 9.59 Å². The zero-order chi connectivity index (χ0) is 24.9. The maximum Gasteiger partial charge on any atom is 0.322 e. The molecule has 2 saturated heterocycles. The summed E-state index contributed by atoms with van der Waals surface area (Å²) in [6.07, 6.45) is 5.96. The second kappa shape index (κ2) is 11.3. The highest BCUT2D eigenvalue weighted by Crippen LogP contribution is 2.24. The molecule has 0 radical (unpaired) electrons. The van der Waals surface area contributed by atoms with E-state index in [0.717, 1.165) is 81.2 Å². The number of hydrogen-bond donors (Lipinski definition) is 1. The van der Waals surface area contributed by atoms with Crippen LogP contribution in [0.5, 0.6) is 5.75 Å². The Balaban J connectivity index is 1.02. The van der Waals surface area contributed by atoms with Crippen LogP contribution >= 0.6 is 0 Å². The molecule has 4 heterocycles. The molecule has 2 fully saturated rings. The van der Waals surface area contributed by atoms with Crippen LogP contribution in [0.15, 0.2) is 42.7 Å². The van der Waals surface area contributed by atoms with E-state index in [1.54, 1.807) is 11.1 Å². The van der Waals surface area contributed by atoms with Gasteiger partial charge in [-0.3, -0.25) is 9.78 Å². The smallest absolute Gasteiger partial charge is 0.322 e. The first-order valence-electron chi connectivity index (χ1n) is 13.0. The molecule has 0 saturated carbocycles. The molecule has 9 nitrogen and oxygen atoms in total. The van der Waals surface area contributed by atoms with Crippen molar-refractivity contribution in [1.29, 1.82) is 0 Å². The van der Waals surface area contributed by atoms with Crippen LogP contribution in [0.4, 0.5) is 10.5 Å². The number of hydrogen-bond acceptors (Lipinski definition) is 6. The van der Waals surface area contributed by atoms with Gasteiger partial charge >= 0.3 is 6.03 Å². The number of aromatic nitrogens is 1. The normalized spacial score (nSPS) is 19.2. The number of urea groups is 1. The molecule has 0 spiro atoms. The number of nitrogens with one attached hydrogen (secondary N) is 1. The fraction of sp³-hybridized carbons (Fsp3) is 0.519. The van der Waals surface area contributed by atoms with Gasteiger partial charge in [0.05, 0.1) is 0 Å². The van der Waals surface area contributed by atoms with E-state index in [0.29, 0.717) is 19.5 Å². The molecule has 1 aromatic carbocycles. The SMILES string of the molecule is CN1CCN(CCC(=O)N2CCC(Oc3ccc(NC(=O)N4Cc5ccncc5C4)cc3)CC2)CC1. The van der Waals surface area contributed by atoms with Gasteiger partial charge in [-0.2, -0.15) is 0 Å². The minimum absolute atomic E-state index is 0.101. The van der Waals surface area contributed by atoms with Crippen LogP contribution in [0.1, 0.15) is 30.4 Å². The Hall–Kier alpha value is -3.17. The molecule has 3 aliphatic heterocycles. The zero-order valence-corrected chi connectivity index (χ0v) is 21.1. The van der Waals surface area contributed by atoms with Crippen molar-refractivity contribution in [2.45, 2.75) is 38.5 Å². The van der Waals surface area contributed by atoms with Gasteiger partial charge in [-0.15, -0.1) is 0 Å². The van der Waals surface area contributed by atoms with E-state index >= 15 is 0 Å². The Morgan fingerprint density at radius 3 is 2.39 bits per heavy atom. The van der Waals surface area contributed by atoms with Crippen LogP contribution in [-0.2, 0) is 17.9 Å². The zero-order valence-electron chi connectivity index (χ0n) is 21.1. The fourth-order valence-corrected chi connectivity index (χ4v) is 5.08. The van der Waals surface area contributed by atoms with Gasteiger partial charge in [0, 0.05) is 96.2 Å². The summed E-state index contributed by atoms with van der Waals surface area (Å²) < 4.78 is 6.17. The maximum atomic E-state index is 12.7. The standard InChI is InChI=1S/C27H36N6O3/c1-30-14-16-31(17-15-30)11-9-26(34)32-12-7-25(8-13-32)36-24-4-2-23(3-5-24)29-27(35)33-19-21-6-10-28-18-22(21)20-33/h2-6,10,18,25H,7-9,11-17,19-20H2,1H3,(H,29,35). The number of rotatable bonds is 6. The van der Waals surface area contributed by atoms with E-state index in [4.69, 9.17) is 4.74 Å². The van der Waals surface area contributed by atoms with Gasteiger partial charge in [-0.05, 0) is 48.5 Å². The fourth-order valence-electron chi connectivity index (χ4n) is 5.08. The van der Waals surface area contributed by atoms with Gasteiger partial charge in [0.2, 0.25) is 5.91 Å². The van der Waals surface area contributed by atoms with Crippen molar-refractivity contribution < 1.29 is 14.3 Å². The summed E-state index contributed by atoms with van der Waals surface area (Å²) in [5, 5.41) is 2.97. The molecule has 2 aromatic rings. The number of likely N-dealkylation sites (N-methyl/N-ethyl adjacent to an activating group) is 1. The summed E-state index contributed by atoms with van der Waals surface area (Å²) in [5.74, 6) is 1.04. The first-order chi connectivity index (χ1) is 17.5. The molecule has 192 valence electrons. The third-order valence-corrected chi connectivity index (χ3v) is 7.46. The van der Waals surface area contributed by atoms with E-state index in [1.807, 2.05) is 41.4 Å². The Morgan fingerprint density at radius 2 is 1.67 bits per heavy atom. The van der Waals surface area contributed by atoms with Crippen molar-refractivity contribution in [3.8, 4) is 5.75 Å². The number of nitrogens with zero attached hydrogens (tertiary/aromatic N) is 5. The third kappa shape index (κ3) is 6.14. The number of anilines is 1. The number of fused-ring (bicyclic) bond motifs is 1. The lowest BCUT2D eigenvalue weighted by Gasteiger charge is -2.34. The van der Waals surface area contributed by atoms with E-state index < -0.39 is 0 Å². The topological polar surface area (TPSA) is 81.2 Å². The summed E-state index contributed by atoms with van der Waals surface area (Å²) in [6, 6.07) is 9.37. The molecule has 0 bridgehead atoms. The average molecular weight is 493 g/mol. The van der Waals surface area contributed by atoms with Crippen LogP contribution in [-0.4, -0.2) is 95.5 Å². The van der Waals surface area contributed by atoms with Crippen molar-refractivity contribution in [1.82, 2.24) is 24.6 Å². The number of amides is 3. The number of benzene rings is 1. The van der Waals surface area contributed by atoms with Crippen LogP contribution in [0.3, 0.4) is 0 Å². The predicted molar refractivity (Wildman–Crippen MR) is 138 cm³/mol. The monoisotopic (exact) mass is 492 g/mol. The van der Waals surface area contributed by atoms with Gasteiger partial charge in [0.25, 0.3) is 0 Å². The molecular formula is C27H36N6O3. The number of piperidine rings is 1. The van der Waals surface area contributed by atoms with Gasteiger partial charge in [-0.25, -0.2) is 4.79 Å². The van der Waals surface area contributed by atoms with Crippen LogP contribution in [0, 0.1) is 0 Å². The van der Waals surface area contributed by atoms with Gasteiger partial charge in [0.15, 0.2) is 0 Å². The first-order valence-corrected chi connectivity index (χ1v) is 13.0. The van der Waals surface area contributed by atoms with E-state index in [2.05, 4.69) is 27.1 Å². The number of likely N-dealkylation sites (tertiary alicyclic amines) is 1. The highest BCUT2D eigenvalue weighted by molar-refractivity contribution is 5.89. The lowest BCUT2D eigenvalue weighted by molar-refractivity contribution is -0.133. The molecule has 0 atom stereocenters. The summed E-state index contributed by atoms with van der Waals surface area (Å²) >= 11 is 0. The maximum absolute atomic E-state index is 12.7. The Morgan fingerprint density at radius 1 is 0.944 bits per heavy atom. The van der Waals surface area contributed by atoms with Crippen molar-refractivity contribution in [2.24, 2.45) is 0 Å².